The molecule has 0 saturated carbocycles. The highest BCUT2D eigenvalue weighted by atomic mass is 35.5. The highest BCUT2D eigenvalue weighted by Crippen LogP contribution is 2.29. The standard InChI is InChI=1S/C20H16Cl2N2O.C20H14Cl2N2.C14H10ClNO/c21-16-8-10-18(11-9-16)24-20(25)19-15(4-2-12-23-19)7-6-14-3-1-5-17(22)13-14;21-15-5-8-17(9-6-15)24-20-18-10-7-16(22)12-14(18)4-3-13-2-1-11-23-19(13)20;15-11-5-6-12-10(8-11)4-3-9-2-1-7-16-13(9)14(12)17/h1-5,8-13H,6-7H2,(H,24,25);1-2,5-12H,3-4H2;1-2,5-8H,3-4H2. The van der Waals surface area contributed by atoms with E-state index in [1.165, 1.54) is 11.1 Å². The number of halogens is 5. The molecule has 1 amide bonds. The normalized spacial score (nSPS) is 12.9. The van der Waals surface area contributed by atoms with E-state index in [0.29, 0.717) is 43.6 Å². The van der Waals surface area contributed by atoms with Crippen molar-refractivity contribution < 1.29 is 9.59 Å². The number of hydrogen-bond donors (Lipinski definition) is 1. The number of rotatable bonds is 6. The average molecular weight is 968 g/mol. The van der Waals surface area contributed by atoms with Crippen LogP contribution in [0.5, 0.6) is 0 Å². The lowest BCUT2D eigenvalue weighted by molar-refractivity contribution is 0.101. The molecule has 8 aromatic rings. The van der Waals surface area contributed by atoms with Crippen LogP contribution in [0, 0.1) is 0 Å². The maximum absolute atomic E-state index is 12.6. The van der Waals surface area contributed by atoms with E-state index in [4.69, 9.17) is 63.0 Å². The van der Waals surface area contributed by atoms with Crippen molar-refractivity contribution in [3.8, 4) is 0 Å². The number of aryl methyl sites for hydroxylation is 6. The SMILES string of the molecule is Clc1ccc(N=C2c3ccc(Cl)cc3CCc3cccnc32)cc1.O=C(Nc1ccc(Cl)cc1)c1ncccc1CCc1cccc(Cl)c1.O=C1c2ccc(Cl)cc2CCc2cccnc21. The van der Waals surface area contributed by atoms with Gasteiger partial charge in [-0.2, -0.15) is 0 Å². The van der Waals surface area contributed by atoms with E-state index in [2.05, 4.69) is 26.3 Å². The first-order valence-corrected chi connectivity index (χ1v) is 23.1. The van der Waals surface area contributed by atoms with Gasteiger partial charge in [0.2, 0.25) is 5.78 Å². The molecule has 0 unspecified atom stereocenters. The number of ketones is 1. The van der Waals surface area contributed by atoms with Crippen LogP contribution in [-0.2, 0) is 38.5 Å². The third-order valence-electron chi connectivity index (χ3n) is 11.0. The van der Waals surface area contributed by atoms with Gasteiger partial charge in [0.05, 0.1) is 17.1 Å². The lowest BCUT2D eigenvalue weighted by Crippen LogP contribution is -2.16. The quantitative estimate of drug-likeness (QED) is 0.179. The molecule has 7 nitrogen and oxygen atoms in total. The van der Waals surface area contributed by atoms with Gasteiger partial charge in [-0.3, -0.25) is 24.5 Å². The zero-order valence-electron chi connectivity index (χ0n) is 35.3. The second-order valence-corrected chi connectivity index (χ2v) is 17.7. The van der Waals surface area contributed by atoms with Crippen molar-refractivity contribution in [2.75, 3.05) is 5.32 Å². The van der Waals surface area contributed by atoms with Gasteiger partial charge < -0.3 is 5.32 Å². The fourth-order valence-corrected chi connectivity index (χ4v) is 8.63. The number of carbonyl (C=O) groups excluding carboxylic acids is 2. The summed E-state index contributed by atoms with van der Waals surface area (Å²) in [7, 11) is 0. The molecule has 328 valence electrons. The van der Waals surface area contributed by atoms with Crippen LogP contribution in [0.25, 0.3) is 0 Å². The first kappa shape index (κ1) is 46.3. The van der Waals surface area contributed by atoms with E-state index in [0.717, 1.165) is 87.6 Å². The maximum Gasteiger partial charge on any atom is 0.274 e. The molecule has 5 aromatic carbocycles. The molecule has 12 heteroatoms. The Hall–Kier alpha value is -6.19. The zero-order valence-corrected chi connectivity index (χ0v) is 39.1. The van der Waals surface area contributed by atoms with E-state index in [9.17, 15) is 9.59 Å². The number of amides is 1. The lowest BCUT2D eigenvalue weighted by Gasteiger charge is -2.10. The van der Waals surface area contributed by atoms with Gasteiger partial charge in [-0.25, -0.2) is 4.99 Å². The third kappa shape index (κ3) is 11.8. The maximum atomic E-state index is 12.6. The van der Waals surface area contributed by atoms with Gasteiger partial charge in [-0.15, -0.1) is 0 Å². The predicted octanol–water partition coefficient (Wildman–Crippen LogP) is 14.1. The predicted molar refractivity (Wildman–Crippen MR) is 269 cm³/mol. The van der Waals surface area contributed by atoms with Crippen LogP contribution >= 0.6 is 58.0 Å². The Labute approximate surface area is 408 Å². The summed E-state index contributed by atoms with van der Waals surface area (Å²) in [5.41, 5.74) is 12.7. The fourth-order valence-electron chi connectivity index (χ4n) is 7.78. The smallest absolute Gasteiger partial charge is 0.274 e. The number of nitrogens with one attached hydrogen (secondary N) is 1. The topological polar surface area (TPSA) is 97.2 Å². The van der Waals surface area contributed by atoms with E-state index >= 15 is 0 Å². The minimum Gasteiger partial charge on any atom is -0.321 e. The second-order valence-electron chi connectivity index (χ2n) is 15.5. The summed E-state index contributed by atoms with van der Waals surface area (Å²) < 4.78 is 0. The van der Waals surface area contributed by atoms with Crippen LogP contribution in [0.3, 0.4) is 0 Å². The highest BCUT2D eigenvalue weighted by molar-refractivity contribution is 6.32. The summed E-state index contributed by atoms with van der Waals surface area (Å²) in [4.78, 5) is 42.8. The Morgan fingerprint density at radius 2 is 1.06 bits per heavy atom. The van der Waals surface area contributed by atoms with Crippen molar-refractivity contribution in [2.24, 2.45) is 4.99 Å². The first-order valence-electron chi connectivity index (χ1n) is 21.2. The summed E-state index contributed by atoms with van der Waals surface area (Å²) in [6.45, 7) is 0. The highest BCUT2D eigenvalue weighted by Gasteiger charge is 2.23. The molecular formula is C54H40Cl5N5O2. The van der Waals surface area contributed by atoms with Gasteiger partial charge in [0.1, 0.15) is 11.4 Å². The molecule has 0 radical (unpaired) electrons. The number of pyridine rings is 3. The molecule has 0 saturated heterocycles. The van der Waals surface area contributed by atoms with Crippen molar-refractivity contribution in [2.45, 2.75) is 38.5 Å². The molecule has 10 rings (SSSR count). The van der Waals surface area contributed by atoms with Crippen molar-refractivity contribution in [1.82, 2.24) is 15.0 Å². The van der Waals surface area contributed by atoms with E-state index in [1.807, 2.05) is 109 Å². The van der Waals surface area contributed by atoms with Gasteiger partial charge in [0, 0.05) is 60.5 Å². The first-order chi connectivity index (χ1) is 32.1. The molecular weight excluding hydrogens is 928 g/mol. The molecule has 0 bridgehead atoms. The number of benzene rings is 5. The number of hydrogen-bond acceptors (Lipinski definition) is 6. The van der Waals surface area contributed by atoms with Gasteiger partial charge in [0.25, 0.3) is 5.91 Å². The average Bonchev–Trinajstić information content (AvgIpc) is 3.57. The Balaban J connectivity index is 0.000000137. The lowest BCUT2D eigenvalue weighted by atomic mass is 10.0. The van der Waals surface area contributed by atoms with Crippen molar-refractivity contribution in [1.29, 1.82) is 0 Å². The summed E-state index contributed by atoms with van der Waals surface area (Å²) >= 11 is 30.0. The zero-order chi connectivity index (χ0) is 46.0. The molecule has 0 spiro atoms. The molecule has 0 aliphatic heterocycles. The van der Waals surface area contributed by atoms with Gasteiger partial charge in [0.15, 0.2) is 0 Å². The van der Waals surface area contributed by atoms with Crippen molar-refractivity contribution in [3.63, 3.8) is 0 Å². The number of aliphatic imine (C=N–C) groups is 1. The summed E-state index contributed by atoms with van der Waals surface area (Å²) in [6.07, 6.45) is 10.1. The number of carbonyl (C=O) groups is 2. The number of nitrogens with zero attached hydrogens (tertiary/aromatic N) is 4. The summed E-state index contributed by atoms with van der Waals surface area (Å²) in [6, 6.07) is 45.3. The van der Waals surface area contributed by atoms with Crippen LogP contribution in [0.15, 0.2) is 169 Å². The minimum absolute atomic E-state index is 0.00441. The molecule has 66 heavy (non-hydrogen) atoms. The number of fused-ring (bicyclic) bond motifs is 4. The van der Waals surface area contributed by atoms with Crippen LogP contribution < -0.4 is 5.32 Å². The summed E-state index contributed by atoms with van der Waals surface area (Å²) in [5, 5.41) is 6.31. The second kappa shape index (κ2) is 21.9. The third-order valence-corrected chi connectivity index (χ3v) is 12.2. The molecule has 1 N–H and O–H groups in total. The van der Waals surface area contributed by atoms with Gasteiger partial charge in [-0.1, -0.05) is 94.4 Å². The molecule has 3 aromatic heterocycles. The van der Waals surface area contributed by atoms with E-state index in [-0.39, 0.29) is 11.7 Å². The van der Waals surface area contributed by atoms with Crippen LogP contribution in [0.2, 0.25) is 25.1 Å². The molecule has 2 aliphatic rings. The molecule has 0 fully saturated rings. The van der Waals surface area contributed by atoms with E-state index in [1.54, 1.807) is 48.8 Å². The van der Waals surface area contributed by atoms with Crippen molar-refractivity contribution >= 4 is 86.8 Å². The van der Waals surface area contributed by atoms with Crippen molar-refractivity contribution in [3.05, 3.63) is 251 Å². The number of anilines is 1. The van der Waals surface area contributed by atoms with Gasteiger partial charge in [-0.05, 0) is 181 Å². The van der Waals surface area contributed by atoms with Crippen LogP contribution in [-0.4, -0.2) is 32.4 Å². The molecule has 3 heterocycles. The summed E-state index contributed by atoms with van der Waals surface area (Å²) in [5.74, 6) is -0.228. The Kier molecular flexibility index (Phi) is 15.4. The Morgan fingerprint density at radius 3 is 1.74 bits per heavy atom. The minimum atomic E-state index is -0.232. The van der Waals surface area contributed by atoms with Crippen LogP contribution in [0.1, 0.15) is 71.2 Å². The van der Waals surface area contributed by atoms with Gasteiger partial charge >= 0.3 is 0 Å². The van der Waals surface area contributed by atoms with E-state index < -0.39 is 0 Å². The van der Waals surface area contributed by atoms with Crippen LogP contribution in [0.4, 0.5) is 11.4 Å². The molecule has 0 atom stereocenters. The fraction of sp³-hybridized carbons (Fsp3) is 0.111. The Morgan fingerprint density at radius 1 is 0.515 bits per heavy atom. The molecule has 2 aliphatic carbocycles. The Bertz CT molecular complexity index is 3070. The number of aromatic nitrogens is 3. The monoisotopic (exact) mass is 965 g/mol. The largest absolute Gasteiger partial charge is 0.321 e.